The molecule has 0 saturated carbocycles. The number of aryl methyl sites for hydroxylation is 1. The molecular formula is C19H23NO3. The van der Waals surface area contributed by atoms with E-state index in [0.29, 0.717) is 25.4 Å². The summed E-state index contributed by atoms with van der Waals surface area (Å²) in [5.74, 6) is 0.745. The van der Waals surface area contributed by atoms with Gasteiger partial charge in [-0.05, 0) is 42.7 Å². The summed E-state index contributed by atoms with van der Waals surface area (Å²) >= 11 is 0. The zero-order chi connectivity index (χ0) is 16.4. The fraction of sp³-hybridized carbons (Fsp3) is 0.368. The smallest absolute Gasteiger partial charge is 0.165 e. The monoisotopic (exact) mass is 313 g/mol. The number of hydrogen-bond donors (Lipinski definition) is 2. The fourth-order valence-corrected chi connectivity index (χ4v) is 3.13. The summed E-state index contributed by atoms with van der Waals surface area (Å²) in [7, 11) is 0. The first kappa shape index (κ1) is 15.8. The van der Waals surface area contributed by atoms with Crippen molar-refractivity contribution in [3.8, 4) is 22.6 Å². The van der Waals surface area contributed by atoms with Crippen LogP contribution in [0, 0.1) is 6.92 Å². The second-order valence-corrected chi connectivity index (χ2v) is 6.23. The van der Waals surface area contributed by atoms with Crippen LogP contribution in [0.2, 0.25) is 0 Å². The van der Waals surface area contributed by atoms with Crippen LogP contribution in [0.25, 0.3) is 11.1 Å². The Morgan fingerprint density at radius 3 is 2.78 bits per heavy atom. The van der Waals surface area contributed by atoms with Gasteiger partial charge in [0.2, 0.25) is 0 Å². The average Bonchev–Trinajstić information content (AvgIpc) is 2.69. The quantitative estimate of drug-likeness (QED) is 0.915. The molecular weight excluding hydrogens is 290 g/mol. The van der Waals surface area contributed by atoms with Crippen molar-refractivity contribution in [3.63, 3.8) is 0 Å². The third kappa shape index (κ3) is 3.49. The van der Waals surface area contributed by atoms with Gasteiger partial charge in [-0.1, -0.05) is 24.3 Å². The molecule has 3 rings (SSSR count). The van der Waals surface area contributed by atoms with E-state index in [-0.39, 0.29) is 11.9 Å². The lowest BCUT2D eigenvalue weighted by atomic mass is 9.98. The van der Waals surface area contributed by atoms with Crippen molar-refractivity contribution in [2.45, 2.75) is 26.5 Å². The van der Waals surface area contributed by atoms with Crippen LogP contribution in [0.3, 0.4) is 0 Å². The highest BCUT2D eigenvalue weighted by molar-refractivity contribution is 5.71. The van der Waals surface area contributed by atoms with Crippen molar-refractivity contribution in [2.75, 3.05) is 19.7 Å². The summed E-state index contributed by atoms with van der Waals surface area (Å²) in [4.78, 5) is 2.15. The van der Waals surface area contributed by atoms with Gasteiger partial charge >= 0.3 is 0 Å². The molecule has 1 heterocycles. The minimum absolute atomic E-state index is 0.180. The summed E-state index contributed by atoms with van der Waals surface area (Å²) in [5.41, 5.74) is 4.22. The normalized spacial score (nSPS) is 16.3. The Hall–Kier alpha value is -2.04. The molecule has 2 aromatic carbocycles. The third-order valence-corrected chi connectivity index (χ3v) is 4.17. The van der Waals surface area contributed by atoms with Crippen LogP contribution in [0.15, 0.2) is 36.4 Å². The largest absolute Gasteiger partial charge is 0.504 e. The van der Waals surface area contributed by atoms with Crippen LogP contribution in [0.4, 0.5) is 0 Å². The van der Waals surface area contributed by atoms with Gasteiger partial charge in [-0.15, -0.1) is 0 Å². The van der Waals surface area contributed by atoms with E-state index >= 15 is 0 Å². The maximum atomic E-state index is 10.4. The third-order valence-electron chi connectivity index (χ3n) is 4.17. The predicted octanol–water partition coefficient (Wildman–Crippen LogP) is 2.94. The van der Waals surface area contributed by atoms with Crippen molar-refractivity contribution in [1.29, 1.82) is 0 Å². The van der Waals surface area contributed by atoms with E-state index in [2.05, 4.69) is 30.0 Å². The summed E-state index contributed by atoms with van der Waals surface area (Å²) in [6, 6.07) is 12.0. The van der Waals surface area contributed by atoms with Crippen molar-refractivity contribution >= 4 is 0 Å². The molecule has 0 radical (unpaired) electrons. The lowest BCUT2D eigenvalue weighted by molar-refractivity contribution is 0.117. The number of benzene rings is 2. The molecule has 0 bridgehead atoms. The Kier molecular flexibility index (Phi) is 4.55. The molecule has 122 valence electrons. The molecule has 0 amide bonds. The number of phenols is 1. The number of fused-ring (bicyclic) bond motifs is 1. The molecule has 1 atom stereocenters. The number of aliphatic hydroxyl groups is 1. The number of β-amino-alcohol motifs (C(OH)–C–C–N with tert-alkyl or cyclic N) is 1. The summed E-state index contributed by atoms with van der Waals surface area (Å²) < 4.78 is 5.74. The van der Waals surface area contributed by atoms with E-state index in [0.717, 1.165) is 23.2 Å². The summed E-state index contributed by atoms with van der Waals surface area (Å²) in [6.07, 6.45) is -0.385. The molecule has 0 aromatic heterocycles. The second kappa shape index (κ2) is 6.60. The molecule has 1 aliphatic rings. The van der Waals surface area contributed by atoms with Gasteiger partial charge in [0.25, 0.3) is 0 Å². The van der Waals surface area contributed by atoms with Gasteiger partial charge in [0.1, 0.15) is 6.61 Å². The van der Waals surface area contributed by atoms with E-state index in [4.69, 9.17) is 4.74 Å². The van der Waals surface area contributed by atoms with Gasteiger partial charge in [-0.25, -0.2) is 0 Å². The molecule has 23 heavy (non-hydrogen) atoms. The minimum atomic E-state index is -0.385. The molecule has 0 aliphatic carbocycles. The van der Waals surface area contributed by atoms with Gasteiger partial charge in [0.15, 0.2) is 11.5 Å². The molecule has 0 saturated heterocycles. The highest BCUT2D eigenvalue weighted by Gasteiger charge is 2.20. The number of aromatic hydroxyl groups is 1. The lowest BCUT2D eigenvalue weighted by Crippen LogP contribution is -2.32. The molecule has 2 aromatic rings. The Morgan fingerprint density at radius 2 is 2.04 bits per heavy atom. The molecule has 1 aliphatic heterocycles. The van der Waals surface area contributed by atoms with Crippen molar-refractivity contribution in [3.05, 3.63) is 47.5 Å². The zero-order valence-corrected chi connectivity index (χ0v) is 13.6. The van der Waals surface area contributed by atoms with Crippen molar-refractivity contribution in [1.82, 2.24) is 4.90 Å². The molecule has 0 spiro atoms. The SMILES string of the molecule is Cc1ccccc1-c1cc(O)c2c(c1)CN(CC(C)O)CCO2. The number of hydrogen-bond acceptors (Lipinski definition) is 4. The minimum Gasteiger partial charge on any atom is -0.504 e. The van der Waals surface area contributed by atoms with Crippen molar-refractivity contribution < 1.29 is 14.9 Å². The van der Waals surface area contributed by atoms with Gasteiger partial charge in [0.05, 0.1) is 6.10 Å². The topological polar surface area (TPSA) is 52.9 Å². The first-order valence-electron chi connectivity index (χ1n) is 7.99. The maximum Gasteiger partial charge on any atom is 0.165 e. The molecule has 0 fully saturated rings. The van der Waals surface area contributed by atoms with Gasteiger partial charge in [-0.2, -0.15) is 0 Å². The van der Waals surface area contributed by atoms with Crippen LogP contribution in [-0.4, -0.2) is 40.9 Å². The van der Waals surface area contributed by atoms with E-state index in [9.17, 15) is 10.2 Å². The lowest BCUT2D eigenvalue weighted by Gasteiger charge is -2.21. The molecule has 1 unspecified atom stereocenters. The standard InChI is InChI=1S/C19H23NO3/c1-13-5-3-4-6-17(13)15-9-16-12-20(11-14(2)21)7-8-23-19(16)18(22)10-15/h3-6,9-10,14,21-22H,7-8,11-12H2,1-2H3. The maximum absolute atomic E-state index is 10.4. The van der Waals surface area contributed by atoms with Crippen LogP contribution >= 0.6 is 0 Å². The van der Waals surface area contributed by atoms with Crippen LogP contribution in [0.5, 0.6) is 11.5 Å². The van der Waals surface area contributed by atoms with Crippen LogP contribution in [-0.2, 0) is 6.54 Å². The fourth-order valence-electron chi connectivity index (χ4n) is 3.13. The molecule has 2 N–H and O–H groups in total. The van der Waals surface area contributed by atoms with E-state index in [1.54, 1.807) is 13.0 Å². The van der Waals surface area contributed by atoms with Crippen LogP contribution < -0.4 is 4.74 Å². The summed E-state index contributed by atoms with van der Waals surface area (Å²) in [5, 5.41) is 20.0. The number of ether oxygens (including phenoxy) is 1. The number of nitrogens with zero attached hydrogens (tertiary/aromatic N) is 1. The highest BCUT2D eigenvalue weighted by Crippen LogP contribution is 2.38. The van der Waals surface area contributed by atoms with Gasteiger partial charge in [0, 0.05) is 25.2 Å². The number of rotatable bonds is 3. The Bertz CT molecular complexity index is 697. The van der Waals surface area contributed by atoms with Gasteiger partial charge in [-0.3, -0.25) is 4.90 Å². The Labute approximate surface area is 136 Å². The van der Waals surface area contributed by atoms with E-state index < -0.39 is 0 Å². The summed E-state index contributed by atoms with van der Waals surface area (Å²) in [6.45, 7) is 6.35. The Balaban J connectivity index is 1.99. The first-order chi connectivity index (χ1) is 11.0. The highest BCUT2D eigenvalue weighted by atomic mass is 16.5. The molecule has 4 heteroatoms. The predicted molar refractivity (Wildman–Crippen MR) is 90.7 cm³/mol. The number of phenolic OH excluding ortho intramolecular Hbond substituents is 1. The number of aliphatic hydroxyl groups excluding tert-OH is 1. The average molecular weight is 313 g/mol. The Morgan fingerprint density at radius 1 is 1.26 bits per heavy atom. The van der Waals surface area contributed by atoms with Gasteiger partial charge < -0.3 is 14.9 Å². The first-order valence-corrected chi connectivity index (χ1v) is 7.99. The zero-order valence-electron chi connectivity index (χ0n) is 13.6. The van der Waals surface area contributed by atoms with Crippen molar-refractivity contribution in [2.24, 2.45) is 0 Å². The van der Waals surface area contributed by atoms with E-state index in [1.165, 1.54) is 5.56 Å². The second-order valence-electron chi connectivity index (χ2n) is 6.23. The van der Waals surface area contributed by atoms with E-state index in [1.807, 2.05) is 12.1 Å². The van der Waals surface area contributed by atoms with Crippen LogP contribution in [0.1, 0.15) is 18.1 Å². The molecule has 4 nitrogen and oxygen atoms in total.